The fourth-order valence-corrected chi connectivity index (χ4v) is 1.66. The first-order chi connectivity index (χ1) is 10.8. The van der Waals surface area contributed by atoms with Crippen LogP contribution >= 0.6 is 0 Å². The molecule has 0 fully saturated rings. The van der Waals surface area contributed by atoms with Crippen LogP contribution in [-0.2, 0) is 19.1 Å². The first kappa shape index (κ1) is 18.5. The van der Waals surface area contributed by atoms with E-state index in [1.54, 1.807) is 0 Å². The lowest BCUT2D eigenvalue weighted by molar-refractivity contribution is -0.143. The van der Waals surface area contributed by atoms with Gasteiger partial charge in [0, 0.05) is 6.54 Å². The van der Waals surface area contributed by atoms with Gasteiger partial charge in [0.25, 0.3) is 5.91 Å². The summed E-state index contributed by atoms with van der Waals surface area (Å²) < 4.78 is 48.6. The Labute approximate surface area is 129 Å². The van der Waals surface area contributed by atoms with Gasteiger partial charge in [-0.3, -0.25) is 14.4 Å². The Bertz CT molecular complexity index is 621. The second-order valence-corrected chi connectivity index (χ2v) is 4.35. The van der Waals surface area contributed by atoms with Crippen molar-refractivity contribution in [2.75, 3.05) is 27.3 Å². The van der Waals surface area contributed by atoms with E-state index < -0.39 is 47.4 Å². The van der Waals surface area contributed by atoms with E-state index in [1.807, 2.05) is 0 Å². The van der Waals surface area contributed by atoms with Crippen molar-refractivity contribution in [2.45, 2.75) is 6.42 Å². The molecule has 0 aliphatic carbocycles. The van der Waals surface area contributed by atoms with Crippen LogP contribution in [0.5, 0.6) is 0 Å². The third kappa shape index (κ3) is 4.70. The van der Waals surface area contributed by atoms with Gasteiger partial charge in [0.05, 0.1) is 26.2 Å². The maximum Gasteiger partial charge on any atom is 0.325 e. The molecule has 0 atom stereocenters. The number of hydrogen-bond acceptors (Lipinski definition) is 5. The minimum Gasteiger partial charge on any atom is -0.469 e. The maximum atomic E-state index is 13.7. The van der Waals surface area contributed by atoms with Crippen LogP contribution in [-0.4, -0.2) is 50.1 Å². The van der Waals surface area contributed by atoms with Crippen LogP contribution in [0, 0.1) is 17.5 Å². The lowest BCUT2D eigenvalue weighted by atomic mass is 10.1. The van der Waals surface area contributed by atoms with Gasteiger partial charge in [0.1, 0.15) is 6.54 Å². The molecule has 23 heavy (non-hydrogen) atoms. The highest BCUT2D eigenvalue weighted by atomic mass is 19.2. The minimum absolute atomic E-state index is 0.273. The average molecular weight is 333 g/mol. The molecule has 0 aliphatic rings. The van der Waals surface area contributed by atoms with Gasteiger partial charge in [-0.15, -0.1) is 0 Å². The predicted molar refractivity (Wildman–Crippen MR) is 70.9 cm³/mol. The zero-order valence-corrected chi connectivity index (χ0v) is 12.4. The predicted octanol–water partition coefficient (Wildman–Crippen LogP) is 1.28. The van der Waals surface area contributed by atoms with Gasteiger partial charge >= 0.3 is 11.9 Å². The van der Waals surface area contributed by atoms with Crippen LogP contribution in [0.1, 0.15) is 16.8 Å². The maximum absolute atomic E-state index is 13.7. The molecule has 0 aromatic heterocycles. The van der Waals surface area contributed by atoms with Gasteiger partial charge in [0.15, 0.2) is 17.5 Å². The molecule has 0 aliphatic heterocycles. The summed E-state index contributed by atoms with van der Waals surface area (Å²) in [5.74, 6) is -7.52. The van der Waals surface area contributed by atoms with Crippen molar-refractivity contribution >= 4 is 17.8 Å². The SMILES string of the molecule is COC(=O)CCN(CC(=O)OC)C(=O)c1ccc(F)c(F)c1F. The highest BCUT2D eigenvalue weighted by Crippen LogP contribution is 2.17. The Morgan fingerprint density at radius 3 is 2.17 bits per heavy atom. The van der Waals surface area contributed by atoms with Gasteiger partial charge in [-0.05, 0) is 12.1 Å². The van der Waals surface area contributed by atoms with Crippen LogP contribution in [0.15, 0.2) is 12.1 Å². The van der Waals surface area contributed by atoms with Gasteiger partial charge < -0.3 is 14.4 Å². The summed E-state index contributed by atoms with van der Waals surface area (Å²) in [6, 6.07) is 1.33. The molecule has 0 spiro atoms. The third-order valence-electron chi connectivity index (χ3n) is 2.91. The number of hydrogen-bond donors (Lipinski definition) is 0. The molecule has 6 nitrogen and oxygen atoms in total. The molecule has 0 saturated carbocycles. The van der Waals surface area contributed by atoms with E-state index in [9.17, 15) is 27.6 Å². The Hall–Kier alpha value is -2.58. The highest BCUT2D eigenvalue weighted by molar-refractivity contribution is 5.96. The summed E-state index contributed by atoms with van der Waals surface area (Å²) in [6.45, 7) is -0.885. The minimum atomic E-state index is -1.80. The van der Waals surface area contributed by atoms with E-state index in [4.69, 9.17) is 0 Å². The Kier molecular flexibility index (Phi) is 6.55. The molecular formula is C14H14F3NO5. The molecule has 0 unspecified atom stereocenters. The monoisotopic (exact) mass is 333 g/mol. The zero-order valence-electron chi connectivity index (χ0n) is 12.4. The highest BCUT2D eigenvalue weighted by Gasteiger charge is 2.25. The fourth-order valence-electron chi connectivity index (χ4n) is 1.66. The molecule has 0 heterocycles. The lowest BCUT2D eigenvalue weighted by Crippen LogP contribution is -2.38. The van der Waals surface area contributed by atoms with Crippen LogP contribution < -0.4 is 0 Å². The largest absolute Gasteiger partial charge is 0.469 e. The number of esters is 2. The summed E-state index contributed by atoms with van der Waals surface area (Å²) in [5, 5.41) is 0. The first-order valence-corrected chi connectivity index (χ1v) is 6.38. The Morgan fingerprint density at radius 2 is 1.61 bits per heavy atom. The first-order valence-electron chi connectivity index (χ1n) is 6.38. The van der Waals surface area contributed by atoms with Gasteiger partial charge in [-0.25, -0.2) is 13.2 Å². The van der Waals surface area contributed by atoms with Crippen LogP contribution in [0.2, 0.25) is 0 Å². The molecule has 1 rings (SSSR count). The molecule has 0 saturated heterocycles. The van der Waals surface area contributed by atoms with Gasteiger partial charge in [-0.1, -0.05) is 0 Å². The second kappa shape index (κ2) is 8.16. The molecule has 0 N–H and O–H groups in total. The van der Waals surface area contributed by atoms with Crippen molar-refractivity contribution in [3.05, 3.63) is 35.1 Å². The quantitative estimate of drug-likeness (QED) is 0.579. The van der Waals surface area contributed by atoms with Crippen LogP contribution in [0.4, 0.5) is 13.2 Å². The van der Waals surface area contributed by atoms with Crippen LogP contribution in [0.3, 0.4) is 0 Å². The fraction of sp³-hybridized carbons (Fsp3) is 0.357. The molecule has 1 aromatic carbocycles. The normalized spacial score (nSPS) is 10.1. The molecule has 1 amide bonds. The summed E-state index contributed by atoms with van der Waals surface area (Å²) in [7, 11) is 2.20. The second-order valence-electron chi connectivity index (χ2n) is 4.35. The van der Waals surface area contributed by atoms with E-state index in [1.165, 1.54) is 0 Å². The number of halogens is 3. The topological polar surface area (TPSA) is 72.9 Å². The molecule has 126 valence electrons. The Morgan fingerprint density at radius 1 is 1.00 bits per heavy atom. The standard InChI is InChI=1S/C14H14F3NO5/c1-22-10(19)5-6-18(7-11(20)23-2)14(21)8-3-4-9(15)13(17)12(8)16/h3-4H,5-7H2,1-2H3. The third-order valence-corrected chi connectivity index (χ3v) is 2.91. The van der Waals surface area contributed by atoms with Crippen LogP contribution in [0.25, 0.3) is 0 Å². The van der Waals surface area contributed by atoms with Crippen molar-refractivity contribution in [3.63, 3.8) is 0 Å². The molecule has 0 radical (unpaired) electrons. The number of amides is 1. The number of ether oxygens (including phenoxy) is 2. The van der Waals surface area contributed by atoms with Crippen molar-refractivity contribution in [3.8, 4) is 0 Å². The van der Waals surface area contributed by atoms with E-state index in [0.29, 0.717) is 6.07 Å². The molecule has 0 bridgehead atoms. The number of nitrogens with zero attached hydrogens (tertiary/aromatic N) is 1. The number of carbonyl (C=O) groups is 3. The Balaban J connectivity index is 3.05. The van der Waals surface area contributed by atoms with E-state index in [2.05, 4.69) is 9.47 Å². The number of carbonyl (C=O) groups excluding carboxylic acids is 3. The number of benzene rings is 1. The molecule has 9 heteroatoms. The number of rotatable bonds is 6. The van der Waals surface area contributed by atoms with E-state index >= 15 is 0 Å². The van der Waals surface area contributed by atoms with Gasteiger partial charge in [-0.2, -0.15) is 0 Å². The molecular weight excluding hydrogens is 319 g/mol. The number of methoxy groups -OCH3 is 2. The lowest BCUT2D eigenvalue weighted by Gasteiger charge is -2.21. The van der Waals surface area contributed by atoms with Crippen molar-refractivity contribution in [1.82, 2.24) is 4.90 Å². The summed E-state index contributed by atoms with van der Waals surface area (Å²) in [5.41, 5.74) is -0.766. The van der Waals surface area contributed by atoms with E-state index in [0.717, 1.165) is 25.2 Å². The smallest absolute Gasteiger partial charge is 0.325 e. The van der Waals surface area contributed by atoms with Crippen molar-refractivity contribution < 1.29 is 37.0 Å². The van der Waals surface area contributed by atoms with Gasteiger partial charge in [0.2, 0.25) is 0 Å². The summed E-state index contributed by atoms with van der Waals surface area (Å²) in [4.78, 5) is 35.4. The zero-order chi connectivity index (χ0) is 17.6. The van der Waals surface area contributed by atoms with Crippen molar-refractivity contribution in [1.29, 1.82) is 0 Å². The summed E-state index contributed by atoms with van der Waals surface area (Å²) in [6.07, 6.45) is -0.273. The van der Waals surface area contributed by atoms with E-state index in [-0.39, 0.29) is 13.0 Å². The summed E-state index contributed by atoms with van der Waals surface area (Å²) >= 11 is 0. The molecule has 1 aromatic rings. The average Bonchev–Trinajstić information content (AvgIpc) is 2.55. The van der Waals surface area contributed by atoms with Crippen molar-refractivity contribution in [2.24, 2.45) is 0 Å².